The second-order valence-corrected chi connectivity index (χ2v) is 10.3. The van der Waals surface area contributed by atoms with Gasteiger partial charge in [0.2, 0.25) is 0 Å². The van der Waals surface area contributed by atoms with Gasteiger partial charge in [-0.15, -0.1) is 0 Å². The summed E-state index contributed by atoms with van der Waals surface area (Å²) in [5, 5.41) is 6.06. The molecule has 4 aromatic rings. The Kier molecular flexibility index (Phi) is 7.41. The Morgan fingerprint density at radius 2 is 1.63 bits per heavy atom. The van der Waals surface area contributed by atoms with Crippen molar-refractivity contribution in [3.05, 3.63) is 108 Å². The lowest BCUT2D eigenvalue weighted by atomic mass is 10.1. The summed E-state index contributed by atoms with van der Waals surface area (Å²) < 4.78 is 40.3. The van der Waals surface area contributed by atoms with Crippen LogP contribution < -0.4 is 24.8 Å². The molecule has 38 heavy (non-hydrogen) atoms. The number of nitrogens with one attached hydrogen (secondary N) is 3. The molecule has 9 nitrogen and oxygen atoms in total. The Labute approximate surface area is 220 Å². The predicted octanol–water partition coefficient (Wildman–Crippen LogP) is 4.20. The topological polar surface area (TPSA) is 119 Å². The van der Waals surface area contributed by atoms with Crippen LogP contribution in [-0.4, -0.2) is 32.5 Å². The van der Waals surface area contributed by atoms with Crippen molar-refractivity contribution in [3.63, 3.8) is 0 Å². The van der Waals surface area contributed by atoms with Crippen molar-refractivity contribution in [1.82, 2.24) is 10.3 Å². The number of rotatable bonds is 9. The first kappa shape index (κ1) is 25.1. The number of fused-ring (bicyclic) bond motifs is 1. The second-order valence-electron chi connectivity index (χ2n) is 8.59. The molecule has 0 unspecified atom stereocenters. The lowest BCUT2D eigenvalue weighted by Gasteiger charge is -2.19. The molecule has 0 fully saturated rings. The highest BCUT2D eigenvalue weighted by Gasteiger charge is 2.19. The van der Waals surface area contributed by atoms with Crippen LogP contribution in [0.2, 0.25) is 0 Å². The van der Waals surface area contributed by atoms with Crippen LogP contribution >= 0.6 is 0 Å². The first-order valence-electron chi connectivity index (χ1n) is 12.0. The highest BCUT2D eigenvalue weighted by atomic mass is 32.2. The van der Waals surface area contributed by atoms with Crippen LogP contribution in [0.5, 0.6) is 11.5 Å². The molecule has 10 heteroatoms. The maximum Gasteiger partial charge on any atom is 0.261 e. The normalized spacial score (nSPS) is 12.4. The molecule has 2 heterocycles. The van der Waals surface area contributed by atoms with E-state index in [1.165, 1.54) is 12.1 Å². The number of sulfonamides is 1. The van der Waals surface area contributed by atoms with Gasteiger partial charge in [-0.05, 0) is 59.7 Å². The van der Waals surface area contributed by atoms with Crippen molar-refractivity contribution in [2.45, 2.75) is 18.0 Å². The molecule has 5 rings (SSSR count). The molecule has 0 radical (unpaired) electrons. The van der Waals surface area contributed by atoms with E-state index in [2.05, 4.69) is 20.3 Å². The fourth-order valence-corrected chi connectivity index (χ4v) is 5.03. The van der Waals surface area contributed by atoms with Gasteiger partial charge in [0.15, 0.2) is 11.5 Å². The predicted molar refractivity (Wildman–Crippen MR) is 144 cm³/mol. The number of hydrogen-bond acceptors (Lipinski definition) is 7. The first-order valence-corrected chi connectivity index (χ1v) is 13.5. The fraction of sp³-hybridized carbons (Fsp3) is 0.143. The minimum atomic E-state index is -3.97. The molecular weight excluding hydrogens is 504 g/mol. The van der Waals surface area contributed by atoms with Crippen molar-refractivity contribution in [1.29, 1.82) is 0 Å². The largest absolute Gasteiger partial charge is 0.486 e. The van der Waals surface area contributed by atoms with E-state index in [-0.39, 0.29) is 17.0 Å². The summed E-state index contributed by atoms with van der Waals surface area (Å²) in [6.07, 6.45) is 3.31. The molecule has 1 aliphatic heterocycles. The third-order valence-corrected chi connectivity index (χ3v) is 7.14. The number of anilines is 2. The van der Waals surface area contributed by atoms with E-state index in [9.17, 15) is 13.2 Å². The van der Waals surface area contributed by atoms with Crippen LogP contribution in [0, 0.1) is 0 Å². The van der Waals surface area contributed by atoms with Crippen molar-refractivity contribution in [3.8, 4) is 11.5 Å². The second kappa shape index (κ2) is 11.2. The van der Waals surface area contributed by atoms with Crippen molar-refractivity contribution >= 4 is 27.3 Å². The van der Waals surface area contributed by atoms with Gasteiger partial charge in [-0.1, -0.05) is 30.3 Å². The lowest BCUT2D eigenvalue weighted by molar-refractivity contribution is 0.0950. The number of hydrogen-bond donors (Lipinski definition) is 3. The Morgan fingerprint density at radius 3 is 2.42 bits per heavy atom. The standard InChI is InChI=1S/C28H26N4O5S/c33-28(31-19-21-5-4-10-29-17-21)22-14-24(30-18-20-8-9-26-27(13-20)37-12-11-36-26)16-25(15-22)38(34,35)32-23-6-2-1-3-7-23/h1-10,13-17,30,32H,11-12,18-19H2,(H,31,33). The number of pyridine rings is 1. The lowest BCUT2D eigenvalue weighted by Crippen LogP contribution is -2.23. The molecule has 0 aliphatic carbocycles. The van der Waals surface area contributed by atoms with Crippen LogP contribution in [0.3, 0.4) is 0 Å². The van der Waals surface area contributed by atoms with E-state index in [0.717, 1.165) is 11.1 Å². The first-order chi connectivity index (χ1) is 18.5. The van der Waals surface area contributed by atoms with Crippen LogP contribution in [0.4, 0.5) is 11.4 Å². The Morgan fingerprint density at radius 1 is 0.816 bits per heavy atom. The van der Waals surface area contributed by atoms with E-state index in [0.29, 0.717) is 42.6 Å². The van der Waals surface area contributed by atoms with Crippen LogP contribution in [0.25, 0.3) is 0 Å². The summed E-state index contributed by atoms with van der Waals surface area (Å²) in [6, 6.07) is 22.3. The van der Waals surface area contributed by atoms with Crippen LogP contribution in [-0.2, 0) is 23.1 Å². The summed E-state index contributed by atoms with van der Waals surface area (Å²) >= 11 is 0. The molecule has 0 bridgehead atoms. The smallest absolute Gasteiger partial charge is 0.261 e. The van der Waals surface area contributed by atoms with Gasteiger partial charge in [0.05, 0.1) is 4.90 Å². The molecule has 0 saturated carbocycles. The monoisotopic (exact) mass is 530 g/mol. The molecule has 0 saturated heterocycles. The SMILES string of the molecule is O=C(NCc1cccnc1)c1cc(NCc2ccc3c(c2)OCCO3)cc(S(=O)(=O)Nc2ccccc2)c1. The van der Waals surface area contributed by atoms with Crippen LogP contribution in [0.1, 0.15) is 21.5 Å². The Bertz CT molecular complexity index is 1530. The number of nitrogens with zero attached hydrogens (tertiary/aromatic N) is 1. The average molecular weight is 531 g/mol. The number of carbonyl (C=O) groups is 1. The average Bonchev–Trinajstić information content (AvgIpc) is 2.95. The highest BCUT2D eigenvalue weighted by molar-refractivity contribution is 7.92. The van der Waals surface area contributed by atoms with Gasteiger partial charge in [0.1, 0.15) is 13.2 Å². The third kappa shape index (κ3) is 6.22. The van der Waals surface area contributed by atoms with Crippen molar-refractivity contribution < 1.29 is 22.7 Å². The molecule has 1 amide bonds. The van der Waals surface area contributed by atoms with Gasteiger partial charge in [-0.25, -0.2) is 8.42 Å². The third-order valence-electron chi connectivity index (χ3n) is 5.78. The quantitative estimate of drug-likeness (QED) is 0.297. The molecule has 1 aromatic heterocycles. The molecule has 194 valence electrons. The van der Waals surface area contributed by atoms with Crippen molar-refractivity contribution in [2.75, 3.05) is 23.3 Å². The zero-order chi connectivity index (χ0) is 26.4. The van der Waals surface area contributed by atoms with E-state index >= 15 is 0 Å². The summed E-state index contributed by atoms with van der Waals surface area (Å²) in [6.45, 7) is 1.62. The summed E-state index contributed by atoms with van der Waals surface area (Å²) in [5.41, 5.74) is 2.83. The molecule has 3 N–H and O–H groups in total. The summed E-state index contributed by atoms with van der Waals surface area (Å²) in [7, 11) is -3.97. The Balaban J connectivity index is 1.40. The fourth-order valence-electron chi connectivity index (χ4n) is 3.90. The number of carbonyl (C=O) groups excluding carboxylic acids is 1. The summed E-state index contributed by atoms with van der Waals surface area (Å²) in [4.78, 5) is 17.0. The van der Waals surface area contributed by atoms with Gasteiger partial charge in [0.25, 0.3) is 15.9 Å². The zero-order valence-corrected chi connectivity index (χ0v) is 21.2. The number of aromatic nitrogens is 1. The molecule has 0 atom stereocenters. The maximum absolute atomic E-state index is 13.2. The van der Waals surface area contributed by atoms with Crippen molar-refractivity contribution in [2.24, 2.45) is 0 Å². The maximum atomic E-state index is 13.2. The number of benzene rings is 3. The Hall–Kier alpha value is -4.57. The van der Waals surface area contributed by atoms with Gasteiger partial charge in [-0.3, -0.25) is 14.5 Å². The molecule has 3 aromatic carbocycles. The molecular formula is C28H26N4O5S. The number of amides is 1. The zero-order valence-electron chi connectivity index (χ0n) is 20.4. The highest BCUT2D eigenvalue weighted by Crippen LogP contribution is 2.31. The van der Waals surface area contributed by atoms with E-state index in [4.69, 9.17) is 9.47 Å². The van der Waals surface area contributed by atoms with E-state index < -0.39 is 15.9 Å². The van der Waals surface area contributed by atoms with Crippen LogP contribution in [0.15, 0.2) is 96.2 Å². The van der Waals surface area contributed by atoms with Gasteiger partial charge in [0, 0.05) is 42.4 Å². The number of ether oxygens (including phenoxy) is 2. The van der Waals surface area contributed by atoms with E-state index in [1.807, 2.05) is 24.3 Å². The van der Waals surface area contributed by atoms with Gasteiger partial charge < -0.3 is 20.1 Å². The number of para-hydroxylation sites is 1. The minimum absolute atomic E-state index is 0.0416. The molecule has 1 aliphatic rings. The van der Waals surface area contributed by atoms with E-state index in [1.54, 1.807) is 54.9 Å². The van der Waals surface area contributed by atoms with Gasteiger partial charge in [-0.2, -0.15) is 0 Å². The van der Waals surface area contributed by atoms with Gasteiger partial charge >= 0.3 is 0 Å². The minimum Gasteiger partial charge on any atom is -0.486 e. The molecule has 0 spiro atoms. The summed E-state index contributed by atoms with van der Waals surface area (Å²) in [5.74, 6) is 0.940.